The van der Waals surface area contributed by atoms with E-state index in [1.54, 1.807) is 13.0 Å². The first-order valence-electron chi connectivity index (χ1n) is 6.09. The van der Waals surface area contributed by atoms with Gasteiger partial charge in [-0.05, 0) is 23.8 Å². The zero-order chi connectivity index (χ0) is 13.7. The van der Waals surface area contributed by atoms with Gasteiger partial charge in [0.05, 0.1) is 6.61 Å². The maximum Gasteiger partial charge on any atom is 0.330 e. The Morgan fingerprint density at radius 3 is 2.58 bits per heavy atom. The van der Waals surface area contributed by atoms with Crippen LogP contribution in [0.1, 0.15) is 17.3 Å². The van der Waals surface area contributed by atoms with Gasteiger partial charge >= 0.3 is 5.97 Å². The van der Waals surface area contributed by atoms with Crippen LogP contribution >= 0.6 is 0 Å². The highest BCUT2D eigenvalue weighted by Gasteiger charge is 2.07. The van der Waals surface area contributed by atoms with Crippen molar-refractivity contribution in [2.24, 2.45) is 0 Å². The van der Waals surface area contributed by atoms with Crippen LogP contribution in [0.4, 0.5) is 0 Å². The van der Waals surface area contributed by atoms with Gasteiger partial charge in [-0.1, -0.05) is 42.5 Å². The van der Waals surface area contributed by atoms with Crippen LogP contribution in [0, 0.1) is 0 Å². The van der Waals surface area contributed by atoms with Crippen molar-refractivity contribution < 1.29 is 14.3 Å². The highest BCUT2D eigenvalue weighted by molar-refractivity contribution is 6.14. The molecule has 0 bridgehead atoms. The fourth-order valence-electron chi connectivity index (χ4n) is 1.86. The molecule has 0 spiro atoms. The number of allylic oxidation sites excluding steroid dienone is 1. The van der Waals surface area contributed by atoms with Gasteiger partial charge in [-0.3, -0.25) is 4.79 Å². The summed E-state index contributed by atoms with van der Waals surface area (Å²) in [6, 6.07) is 13.2. The van der Waals surface area contributed by atoms with E-state index >= 15 is 0 Å². The molecule has 0 N–H and O–H groups in total. The molecule has 0 aromatic heterocycles. The lowest BCUT2D eigenvalue weighted by Crippen LogP contribution is -2.02. The first-order valence-corrected chi connectivity index (χ1v) is 6.09. The van der Waals surface area contributed by atoms with Crippen LogP contribution in [-0.4, -0.2) is 18.4 Å². The number of ketones is 1. The SMILES string of the molecule is CCOC(=O)/C=C/C(=O)c1cccc2ccccc12. The van der Waals surface area contributed by atoms with Gasteiger partial charge in [0.25, 0.3) is 0 Å². The summed E-state index contributed by atoms with van der Waals surface area (Å²) < 4.78 is 4.74. The number of carbonyl (C=O) groups excluding carboxylic acids is 2. The molecule has 3 heteroatoms. The molecular formula is C16H14O3. The van der Waals surface area contributed by atoms with Gasteiger partial charge in [-0.15, -0.1) is 0 Å². The molecule has 0 atom stereocenters. The van der Waals surface area contributed by atoms with E-state index in [1.807, 2.05) is 36.4 Å². The average molecular weight is 254 g/mol. The van der Waals surface area contributed by atoms with Crippen molar-refractivity contribution in [1.82, 2.24) is 0 Å². The van der Waals surface area contributed by atoms with Crippen LogP contribution in [0.2, 0.25) is 0 Å². The fourth-order valence-corrected chi connectivity index (χ4v) is 1.86. The Labute approximate surface area is 111 Å². The molecule has 96 valence electrons. The Morgan fingerprint density at radius 2 is 1.79 bits per heavy atom. The van der Waals surface area contributed by atoms with Gasteiger partial charge in [0.1, 0.15) is 0 Å². The van der Waals surface area contributed by atoms with Crippen molar-refractivity contribution in [2.45, 2.75) is 6.92 Å². The topological polar surface area (TPSA) is 43.4 Å². The number of fused-ring (bicyclic) bond motifs is 1. The molecule has 0 heterocycles. The Balaban J connectivity index is 2.29. The van der Waals surface area contributed by atoms with E-state index in [4.69, 9.17) is 4.74 Å². The number of ether oxygens (including phenoxy) is 1. The van der Waals surface area contributed by atoms with Gasteiger partial charge in [-0.25, -0.2) is 4.79 Å². The summed E-state index contributed by atoms with van der Waals surface area (Å²) in [5.74, 6) is -0.707. The molecule has 0 fully saturated rings. The van der Waals surface area contributed by atoms with Crippen molar-refractivity contribution in [3.8, 4) is 0 Å². The van der Waals surface area contributed by atoms with Crippen LogP contribution in [-0.2, 0) is 9.53 Å². The largest absolute Gasteiger partial charge is 0.463 e. The Morgan fingerprint density at radius 1 is 1.05 bits per heavy atom. The first kappa shape index (κ1) is 13.0. The van der Waals surface area contributed by atoms with Crippen molar-refractivity contribution >= 4 is 22.5 Å². The highest BCUT2D eigenvalue weighted by Crippen LogP contribution is 2.19. The summed E-state index contributed by atoms with van der Waals surface area (Å²) in [6.07, 6.45) is 2.41. The molecule has 0 aliphatic heterocycles. The lowest BCUT2D eigenvalue weighted by Gasteiger charge is -2.02. The molecule has 2 rings (SSSR count). The molecule has 0 aliphatic rings. The third kappa shape index (κ3) is 3.07. The molecule has 0 radical (unpaired) electrons. The molecule has 0 amide bonds. The zero-order valence-corrected chi connectivity index (χ0v) is 10.6. The van der Waals surface area contributed by atoms with E-state index in [0.717, 1.165) is 16.8 Å². The van der Waals surface area contributed by atoms with Crippen LogP contribution < -0.4 is 0 Å². The molecular weight excluding hydrogens is 240 g/mol. The van der Waals surface area contributed by atoms with Crippen LogP contribution in [0.25, 0.3) is 10.8 Å². The lowest BCUT2D eigenvalue weighted by molar-refractivity contribution is -0.137. The van der Waals surface area contributed by atoms with Crippen molar-refractivity contribution in [3.05, 3.63) is 60.2 Å². The quantitative estimate of drug-likeness (QED) is 0.478. The molecule has 0 unspecified atom stereocenters. The molecule has 0 saturated heterocycles. The van der Waals surface area contributed by atoms with E-state index in [2.05, 4.69) is 0 Å². The fraction of sp³-hybridized carbons (Fsp3) is 0.125. The van der Waals surface area contributed by atoms with Crippen LogP contribution in [0.15, 0.2) is 54.6 Å². The standard InChI is InChI=1S/C16H14O3/c1-2-19-16(18)11-10-15(17)14-9-5-7-12-6-3-4-8-13(12)14/h3-11H,2H2,1H3/b11-10+. The Bertz CT molecular complexity index is 636. The van der Waals surface area contributed by atoms with E-state index in [-0.39, 0.29) is 5.78 Å². The summed E-state index contributed by atoms with van der Waals surface area (Å²) >= 11 is 0. The Kier molecular flexibility index (Phi) is 4.08. The minimum absolute atomic E-state index is 0.204. The summed E-state index contributed by atoms with van der Waals surface area (Å²) in [6.45, 7) is 2.02. The summed E-state index contributed by atoms with van der Waals surface area (Å²) in [4.78, 5) is 23.3. The average Bonchev–Trinajstić information content (AvgIpc) is 2.44. The number of rotatable bonds is 4. The maximum atomic E-state index is 12.1. The number of hydrogen-bond acceptors (Lipinski definition) is 3. The van der Waals surface area contributed by atoms with Gasteiger partial charge < -0.3 is 4.74 Å². The van der Waals surface area contributed by atoms with Gasteiger partial charge in [-0.2, -0.15) is 0 Å². The van der Waals surface area contributed by atoms with E-state index in [0.29, 0.717) is 12.2 Å². The molecule has 2 aromatic rings. The summed E-state index contributed by atoms with van der Waals surface area (Å²) in [5.41, 5.74) is 0.582. The summed E-state index contributed by atoms with van der Waals surface area (Å²) in [7, 11) is 0. The predicted octanol–water partition coefficient (Wildman–Crippen LogP) is 3.14. The molecule has 19 heavy (non-hydrogen) atoms. The molecule has 0 saturated carbocycles. The minimum Gasteiger partial charge on any atom is -0.463 e. The van der Waals surface area contributed by atoms with Crippen LogP contribution in [0.3, 0.4) is 0 Å². The highest BCUT2D eigenvalue weighted by atomic mass is 16.5. The first-order chi connectivity index (χ1) is 9.22. The zero-order valence-electron chi connectivity index (χ0n) is 10.6. The number of carbonyl (C=O) groups is 2. The molecule has 2 aromatic carbocycles. The van der Waals surface area contributed by atoms with Gasteiger partial charge in [0, 0.05) is 11.6 Å². The van der Waals surface area contributed by atoms with E-state index < -0.39 is 5.97 Å². The van der Waals surface area contributed by atoms with Gasteiger partial charge in [0.2, 0.25) is 0 Å². The second kappa shape index (κ2) is 5.96. The number of benzene rings is 2. The predicted molar refractivity (Wildman–Crippen MR) is 74.1 cm³/mol. The molecule has 3 nitrogen and oxygen atoms in total. The van der Waals surface area contributed by atoms with Crippen molar-refractivity contribution in [1.29, 1.82) is 0 Å². The smallest absolute Gasteiger partial charge is 0.330 e. The lowest BCUT2D eigenvalue weighted by atomic mass is 10.0. The second-order valence-corrected chi connectivity index (χ2v) is 3.98. The van der Waals surface area contributed by atoms with Gasteiger partial charge in [0.15, 0.2) is 5.78 Å². The third-order valence-electron chi connectivity index (χ3n) is 2.71. The summed E-state index contributed by atoms with van der Waals surface area (Å²) in [5, 5.41) is 1.88. The van der Waals surface area contributed by atoms with Crippen LogP contribution in [0.5, 0.6) is 0 Å². The van der Waals surface area contributed by atoms with Crippen molar-refractivity contribution in [3.63, 3.8) is 0 Å². The second-order valence-electron chi connectivity index (χ2n) is 3.98. The molecule has 0 aliphatic carbocycles. The normalized spacial score (nSPS) is 10.8. The maximum absolute atomic E-state index is 12.1. The number of hydrogen-bond donors (Lipinski definition) is 0. The van der Waals surface area contributed by atoms with Crippen molar-refractivity contribution in [2.75, 3.05) is 6.61 Å². The Hall–Kier alpha value is -2.42. The monoisotopic (exact) mass is 254 g/mol. The van der Waals surface area contributed by atoms with E-state index in [9.17, 15) is 9.59 Å². The minimum atomic E-state index is -0.504. The third-order valence-corrected chi connectivity index (χ3v) is 2.71. The number of esters is 1. The van der Waals surface area contributed by atoms with E-state index in [1.165, 1.54) is 6.08 Å².